The summed E-state index contributed by atoms with van der Waals surface area (Å²) in [7, 11) is 0. The molecule has 1 amide bonds. The highest BCUT2D eigenvalue weighted by Crippen LogP contribution is 2.45. The first kappa shape index (κ1) is 13.9. The highest BCUT2D eigenvalue weighted by atomic mass is 79.9. The van der Waals surface area contributed by atoms with Crippen LogP contribution in [0.2, 0.25) is 0 Å². The lowest BCUT2D eigenvalue weighted by atomic mass is 10.1. The molecule has 108 valence electrons. The van der Waals surface area contributed by atoms with Crippen molar-refractivity contribution in [2.45, 2.75) is 32.9 Å². The molecule has 1 fully saturated rings. The van der Waals surface area contributed by atoms with Gasteiger partial charge in [-0.25, -0.2) is 0 Å². The molecule has 1 aromatic rings. The van der Waals surface area contributed by atoms with Gasteiger partial charge in [-0.3, -0.25) is 4.79 Å². The van der Waals surface area contributed by atoms with Crippen LogP contribution in [0, 0.1) is 5.41 Å². The van der Waals surface area contributed by atoms with Crippen molar-refractivity contribution in [3.8, 4) is 5.75 Å². The second kappa shape index (κ2) is 5.37. The van der Waals surface area contributed by atoms with E-state index >= 15 is 0 Å². The average Bonchev–Trinajstić information content (AvgIpc) is 3.19. The number of ether oxygens (including phenoxy) is 1. The van der Waals surface area contributed by atoms with Crippen LogP contribution >= 0.6 is 15.9 Å². The summed E-state index contributed by atoms with van der Waals surface area (Å²) in [6.07, 6.45) is 1.99. The summed E-state index contributed by atoms with van der Waals surface area (Å²) in [5.41, 5.74) is 2.04. The molecule has 1 aliphatic carbocycles. The highest BCUT2D eigenvalue weighted by Gasteiger charge is 2.44. The number of amides is 1. The van der Waals surface area contributed by atoms with Crippen LogP contribution in [-0.2, 0) is 17.9 Å². The Morgan fingerprint density at radius 3 is 3.05 bits per heavy atom. The van der Waals surface area contributed by atoms with E-state index in [0.29, 0.717) is 13.2 Å². The third kappa shape index (κ3) is 2.83. The van der Waals surface area contributed by atoms with Crippen LogP contribution in [0.15, 0.2) is 16.6 Å². The molecule has 1 saturated carbocycles. The number of fused-ring (bicyclic) bond motifs is 1. The Morgan fingerprint density at radius 1 is 1.50 bits per heavy atom. The summed E-state index contributed by atoms with van der Waals surface area (Å²) in [6.45, 7) is 4.84. The summed E-state index contributed by atoms with van der Waals surface area (Å²) in [5, 5.41) is 6.36. The number of nitrogens with one attached hydrogen (secondary N) is 2. The van der Waals surface area contributed by atoms with Crippen LogP contribution in [-0.4, -0.2) is 19.1 Å². The number of hydrogen-bond acceptors (Lipinski definition) is 3. The van der Waals surface area contributed by atoms with Crippen molar-refractivity contribution in [3.05, 3.63) is 27.7 Å². The molecule has 1 aliphatic heterocycles. The minimum Gasteiger partial charge on any atom is -0.492 e. The third-order valence-electron chi connectivity index (χ3n) is 4.04. The zero-order valence-corrected chi connectivity index (χ0v) is 13.2. The van der Waals surface area contributed by atoms with Crippen molar-refractivity contribution in [1.29, 1.82) is 0 Å². The Labute approximate surface area is 127 Å². The SMILES string of the molecule is CC1(C(=O)NCc2cc(Br)cc3c2OCCNC3)CC1. The third-order valence-corrected chi connectivity index (χ3v) is 4.49. The van der Waals surface area contributed by atoms with E-state index in [9.17, 15) is 4.79 Å². The van der Waals surface area contributed by atoms with Gasteiger partial charge >= 0.3 is 0 Å². The summed E-state index contributed by atoms with van der Waals surface area (Å²) in [5.74, 6) is 1.07. The van der Waals surface area contributed by atoms with Gasteiger partial charge in [0.15, 0.2) is 0 Å². The lowest BCUT2D eigenvalue weighted by Gasteiger charge is -2.15. The minimum absolute atomic E-state index is 0.134. The van der Waals surface area contributed by atoms with Crippen molar-refractivity contribution in [3.63, 3.8) is 0 Å². The summed E-state index contributed by atoms with van der Waals surface area (Å²) in [4.78, 5) is 12.0. The largest absolute Gasteiger partial charge is 0.492 e. The van der Waals surface area contributed by atoms with Crippen LogP contribution in [0.1, 0.15) is 30.9 Å². The predicted octanol–water partition coefficient (Wildman–Crippen LogP) is 2.35. The predicted molar refractivity (Wildman–Crippen MR) is 80.5 cm³/mol. The van der Waals surface area contributed by atoms with Gasteiger partial charge in [-0.1, -0.05) is 22.9 Å². The Hall–Kier alpha value is -1.07. The quantitative estimate of drug-likeness (QED) is 0.889. The molecular formula is C15H19BrN2O2. The summed E-state index contributed by atoms with van der Waals surface area (Å²) >= 11 is 3.53. The molecule has 0 unspecified atom stereocenters. The van der Waals surface area contributed by atoms with E-state index in [0.717, 1.165) is 47.3 Å². The summed E-state index contributed by atoms with van der Waals surface area (Å²) in [6, 6.07) is 4.10. The van der Waals surface area contributed by atoms with Crippen molar-refractivity contribution < 1.29 is 9.53 Å². The van der Waals surface area contributed by atoms with Crippen molar-refractivity contribution >= 4 is 21.8 Å². The Morgan fingerprint density at radius 2 is 2.30 bits per heavy atom. The van der Waals surface area contributed by atoms with E-state index < -0.39 is 0 Å². The Kier molecular flexibility index (Phi) is 3.73. The maximum Gasteiger partial charge on any atom is 0.226 e. The Balaban J connectivity index is 1.78. The molecule has 0 aromatic heterocycles. The standard InChI is InChI=1S/C15H19BrN2O2/c1-15(2-3-15)14(19)18-9-11-7-12(16)6-10-8-17-4-5-20-13(10)11/h6-7,17H,2-5,8-9H2,1H3,(H,18,19). The summed E-state index contributed by atoms with van der Waals surface area (Å²) < 4.78 is 6.85. The van der Waals surface area contributed by atoms with Gasteiger partial charge in [0.05, 0.1) is 0 Å². The molecule has 20 heavy (non-hydrogen) atoms. The number of rotatable bonds is 3. The van der Waals surface area contributed by atoms with Gasteiger partial charge in [0, 0.05) is 40.6 Å². The monoisotopic (exact) mass is 338 g/mol. The van der Waals surface area contributed by atoms with Gasteiger partial charge in [0.2, 0.25) is 5.91 Å². The minimum atomic E-state index is -0.134. The molecule has 0 saturated heterocycles. The molecule has 3 rings (SSSR count). The smallest absolute Gasteiger partial charge is 0.226 e. The van der Waals surface area contributed by atoms with E-state index in [1.54, 1.807) is 0 Å². The Bertz CT molecular complexity index is 541. The van der Waals surface area contributed by atoms with E-state index in [-0.39, 0.29) is 11.3 Å². The zero-order valence-electron chi connectivity index (χ0n) is 11.6. The van der Waals surface area contributed by atoms with E-state index in [1.807, 2.05) is 13.0 Å². The second-order valence-electron chi connectivity index (χ2n) is 5.82. The molecule has 0 atom stereocenters. The van der Waals surface area contributed by atoms with Gasteiger partial charge in [0.1, 0.15) is 12.4 Å². The molecule has 2 aliphatic rings. The van der Waals surface area contributed by atoms with Crippen molar-refractivity contribution in [2.75, 3.05) is 13.2 Å². The first-order valence-electron chi connectivity index (χ1n) is 7.02. The zero-order chi connectivity index (χ0) is 14.2. The molecule has 1 aromatic carbocycles. The normalized spacial score (nSPS) is 19.5. The fourth-order valence-corrected chi connectivity index (χ4v) is 2.96. The molecule has 4 nitrogen and oxygen atoms in total. The molecule has 0 spiro atoms. The van der Waals surface area contributed by atoms with Gasteiger partial charge < -0.3 is 15.4 Å². The van der Waals surface area contributed by atoms with Crippen LogP contribution in [0.5, 0.6) is 5.75 Å². The van der Waals surface area contributed by atoms with Gasteiger partial charge in [0.25, 0.3) is 0 Å². The molecule has 5 heteroatoms. The van der Waals surface area contributed by atoms with Crippen molar-refractivity contribution in [2.24, 2.45) is 5.41 Å². The molecule has 0 bridgehead atoms. The second-order valence-corrected chi connectivity index (χ2v) is 6.74. The number of halogens is 1. The number of hydrogen-bond donors (Lipinski definition) is 2. The lowest BCUT2D eigenvalue weighted by molar-refractivity contribution is -0.125. The number of carbonyl (C=O) groups is 1. The fourth-order valence-electron chi connectivity index (χ4n) is 2.41. The van der Waals surface area contributed by atoms with E-state index in [2.05, 4.69) is 32.6 Å². The lowest BCUT2D eigenvalue weighted by Crippen LogP contribution is -2.30. The topological polar surface area (TPSA) is 50.4 Å². The van der Waals surface area contributed by atoms with Gasteiger partial charge in [-0.05, 0) is 25.0 Å². The molecular weight excluding hydrogens is 320 g/mol. The van der Waals surface area contributed by atoms with Crippen LogP contribution in [0.25, 0.3) is 0 Å². The highest BCUT2D eigenvalue weighted by molar-refractivity contribution is 9.10. The molecule has 0 radical (unpaired) electrons. The molecule has 2 N–H and O–H groups in total. The number of carbonyl (C=O) groups excluding carboxylic acids is 1. The maximum atomic E-state index is 12.0. The first-order valence-corrected chi connectivity index (χ1v) is 7.81. The van der Waals surface area contributed by atoms with Gasteiger partial charge in [-0.15, -0.1) is 0 Å². The van der Waals surface area contributed by atoms with Gasteiger partial charge in [-0.2, -0.15) is 0 Å². The van der Waals surface area contributed by atoms with Crippen LogP contribution in [0.3, 0.4) is 0 Å². The van der Waals surface area contributed by atoms with E-state index in [4.69, 9.17) is 4.74 Å². The first-order chi connectivity index (χ1) is 9.58. The van der Waals surface area contributed by atoms with E-state index in [1.165, 1.54) is 0 Å². The van der Waals surface area contributed by atoms with Crippen LogP contribution in [0.4, 0.5) is 0 Å². The van der Waals surface area contributed by atoms with Crippen LogP contribution < -0.4 is 15.4 Å². The fraction of sp³-hybridized carbons (Fsp3) is 0.533. The molecule has 1 heterocycles. The number of benzene rings is 1. The average molecular weight is 339 g/mol. The maximum absolute atomic E-state index is 12.0. The van der Waals surface area contributed by atoms with Crippen molar-refractivity contribution in [1.82, 2.24) is 10.6 Å².